The highest BCUT2D eigenvalue weighted by atomic mass is 35.5. The lowest BCUT2D eigenvalue weighted by atomic mass is 10.2. The first-order chi connectivity index (χ1) is 7.75. The SMILES string of the molecule is CC(CNc1ccc(Cl)nn1)c1nccs1. The van der Waals surface area contributed by atoms with Gasteiger partial charge in [0, 0.05) is 24.0 Å². The molecule has 0 aliphatic carbocycles. The third kappa shape index (κ3) is 2.90. The molecule has 0 aromatic carbocycles. The topological polar surface area (TPSA) is 50.7 Å². The van der Waals surface area contributed by atoms with Crippen LogP contribution in [0.1, 0.15) is 17.8 Å². The summed E-state index contributed by atoms with van der Waals surface area (Å²) in [5.74, 6) is 1.09. The van der Waals surface area contributed by atoms with Crippen LogP contribution in [0.3, 0.4) is 0 Å². The number of hydrogen-bond acceptors (Lipinski definition) is 5. The van der Waals surface area contributed by atoms with Crippen LogP contribution in [0, 0.1) is 0 Å². The Hall–Kier alpha value is -1.20. The number of hydrogen-bond donors (Lipinski definition) is 1. The molecule has 2 rings (SSSR count). The van der Waals surface area contributed by atoms with Gasteiger partial charge in [-0.05, 0) is 12.1 Å². The quantitative estimate of drug-likeness (QED) is 0.912. The van der Waals surface area contributed by atoms with Crippen molar-refractivity contribution in [1.82, 2.24) is 15.2 Å². The summed E-state index contributed by atoms with van der Waals surface area (Å²) in [6.07, 6.45) is 1.82. The third-order valence-corrected chi connectivity index (χ3v) is 3.30. The first-order valence-electron chi connectivity index (χ1n) is 4.88. The zero-order valence-electron chi connectivity index (χ0n) is 8.72. The Morgan fingerprint density at radius 1 is 1.44 bits per heavy atom. The molecule has 0 saturated heterocycles. The van der Waals surface area contributed by atoms with E-state index in [1.165, 1.54) is 0 Å². The van der Waals surface area contributed by atoms with Crippen LogP contribution in [0.5, 0.6) is 0 Å². The second kappa shape index (κ2) is 5.23. The molecule has 2 aromatic rings. The molecular weight excluding hydrogens is 244 g/mol. The summed E-state index contributed by atoms with van der Waals surface area (Å²) in [7, 11) is 0. The van der Waals surface area contributed by atoms with Crippen LogP contribution in [-0.4, -0.2) is 21.7 Å². The van der Waals surface area contributed by atoms with Crippen molar-refractivity contribution in [1.29, 1.82) is 0 Å². The Labute approximate surface area is 103 Å². The Morgan fingerprint density at radius 2 is 2.31 bits per heavy atom. The average Bonchev–Trinajstić information content (AvgIpc) is 2.81. The molecule has 1 atom stereocenters. The van der Waals surface area contributed by atoms with Gasteiger partial charge in [0.05, 0.1) is 5.01 Å². The lowest BCUT2D eigenvalue weighted by Crippen LogP contribution is -2.10. The minimum absolute atomic E-state index is 0.359. The van der Waals surface area contributed by atoms with E-state index in [1.807, 2.05) is 17.6 Å². The fourth-order valence-electron chi connectivity index (χ4n) is 1.23. The molecular formula is C10H11ClN4S. The number of nitrogens with one attached hydrogen (secondary N) is 1. The normalized spacial score (nSPS) is 12.4. The van der Waals surface area contributed by atoms with E-state index in [1.54, 1.807) is 17.4 Å². The molecule has 6 heteroatoms. The maximum Gasteiger partial charge on any atom is 0.151 e. The minimum atomic E-state index is 0.359. The minimum Gasteiger partial charge on any atom is -0.368 e. The summed E-state index contributed by atoms with van der Waals surface area (Å²) in [6, 6.07) is 3.52. The van der Waals surface area contributed by atoms with Crippen LogP contribution in [0.25, 0.3) is 0 Å². The summed E-state index contributed by atoms with van der Waals surface area (Å²) >= 11 is 7.31. The maximum atomic E-state index is 5.65. The fourth-order valence-corrected chi connectivity index (χ4v) is 2.03. The van der Waals surface area contributed by atoms with Gasteiger partial charge in [-0.25, -0.2) is 4.98 Å². The van der Waals surface area contributed by atoms with Gasteiger partial charge in [0.15, 0.2) is 5.15 Å². The van der Waals surface area contributed by atoms with Crippen molar-refractivity contribution in [2.45, 2.75) is 12.8 Å². The van der Waals surface area contributed by atoms with E-state index in [0.717, 1.165) is 17.4 Å². The zero-order valence-corrected chi connectivity index (χ0v) is 10.3. The van der Waals surface area contributed by atoms with Crippen LogP contribution in [-0.2, 0) is 0 Å². The van der Waals surface area contributed by atoms with Crippen LogP contribution in [0.4, 0.5) is 5.82 Å². The number of thiazole rings is 1. The highest BCUT2D eigenvalue weighted by Crippen LogP contribution is 2.17. The van der Waals surface area contributed by atoms with Gasteiger partial charge in [0.1, 0.15) is 5.82 Å². The predicted molar refractivity (Wildman–Crippen MR) is 66.1 cm³/mol. The van der Waals surface area contributed by atoms with E-state index >= 15 is 0 Å². The first kappa shape index (κ1) is 11.3. The highest BCUT2D eigenvalue weighted by Gasteiger charge is 2.07. The standard InChI is InChI=1S/C10H11ClN4S/c1-7(10-12-4-5-16-10)6-13-9-3-2-8(11)14-15-9/h2-5,7H,6H2,1H3,(H,13,15). The monoisotopic (exact) mass is 254 g/mol. The Bertz CT molecular complexity index is 429. The molecule has 0 aliphatic rings. The van der Waals surface area contributed by atoms with Gasteiger partial charge in [-0.15, -0.1) is 21.5 Å². The fraction of sp³-hybridized carbons (Fsp3) is 0.300. The second-order valence-electron chi connectivity index (χ2n) is 3.39. The van der Waals surface area contributed by atoms with Gasteiger partial charge in [-0.1, -0.05) is 18.5 Å². The Balaban J connectivity index is 1.90. The molecule has 0 spiro atoms. The van der Waals surface area contributed by atoms with Crippen molar-refractivity contribution in [3.05, 3.63) is 33.9 Å². The van der Waals surface area contributed by atoms with Crippen molar-refractivity contribution in [3.63, 3.8) is 0 Å². The molecule has 84 valence electrons. The molecule has 0 amide bonds. The lowest BCUT2D eigenvalue weighted by molar-refractivity contribution is 0.788. The number of halogens is 1. The number of aromatic nitrogens is 3. The average molecular weight is 255 g/mol. The smallest absolute Gasteiger partial charge is 0.151 e. The molecule has 1 unspecified atom stereocenters. The number of anilines is 1. The molecule has 2 aromatic heterocycles. The molecule has 0 saturated carbocycles. The van der Waals surface area contributed by atoms with Crippen LogP contribution < -0.4 is 5.32 Å². The molecule has 0 aliphatic heterocycles. The molecule has 0 fully saturated rings. The molecule has 1 N–H and O–H groups in total. The van der Waals surface area contributed by atoms with Crippen LogP contribution in [0.15, 0.2) is 23.7 Å². The summed E-state index contributed by atoms with van der Waals surface area (Å²) in [5, 5.41) is 14.4. The van der Waals surface area contributed by atoms with Crippen molar-refractivity contribution in [2.24, 2.45) is 0 Å². The van der Waals surface area contributed by atoms with Gasteiger partial charge in [-0.3, -0.25) is 0 Å². The van der Waals surface area contributed by atoms with Gasteiger partial charge in [0.2, 0.25) is 0 Å². The van der Waals surface area contributed by atoms with Gasteiger partial charge in [-0.2, -0.15) is 0 Å². The van der Waals surface area contributed by atoms with Crippen molar-refractivity contribution < 1.29 is 0 Å². The summed E-state index contributed by atoms with van der Waals surface area (Å²) in [5.41, 5.74) is 0. The van der Waals surface area contributed by atoms with Crippen LogP contribution in [0.2, 0.25) is 5.15 Å². The van der Waals surface area contributed by atoms with E-state index < -0.39 is 0 Å². The van der Waals surface area contributed by atoms with Crippen molar-refractivity contribution >= 4 is 28.8 Å². The molecule has 4 nitrogen and oxygen atoms in total. The van der Waals surface area contributed by atoms with Gasteiger partial charge in [0.25, 0.3) is 0 Å². The Morgan fingerprint density at radius 3 is 2.94 bits per heavy atom. The van der Waals surface area contributed by atoms with Crippen molar-refractivity contribution in [2.75, 3.05) is 11.9 Å². The molecule has 0 radical (unpaired) electrons. The van der Waals surface area contributed by atoms with E-state index in [0.29, 0.717) is 11.1 Å². The van der Waals surface area contributed by atoms with E-state index in [4.69, 9.17) is 11.6 Å². The first-order valence-corrected chi connectivity index (χ1v) is 6.14. The summed E-state index contributed by atoms with van der Waals surface area (Å²) in [4.78, 5) is 4.26. The number of nitrogens with zero attached hydrogens (tertiary/aromatic N) is 3. The maximum absolute atomic E-state index is 5.65. The van der Waals surface area contributed by atoms with Crippen LogP contribution >= 0.6 is 22.9 Å². The third-order valence-electron chi connectivity index (χ3n) is 2.09. The van der Waals surface area contributed by atoms with Crippen molar-refractivity contribution in [3.8, 4) is 0 Å². The van der Waals surface area contributed by atoms with E-state index in [9.17, 15) is 0 Å². The largest absolute Gasteiger partial charge is 0.368 e. The highest BCUT2D eigenvalue weighted by molar-refractivity contribution is 7.09. The number of rotatable bonds is 4. The Kier molecular flexibility index (Phi) is 3.69. The molecule has 0 bridgehead atoms. The molecule has 16 heavy (non-hydrogen) atoms. The van der Waals surface area contributed by atoms with E-state index in [2.05, 4.69) is 27.4 Å². The van der Waals surface area contributed by atoms with Gasteiger partial charge >= 0.3 is 0 Å². The molecule has 2 heterocycles. The second-order valence-corrected chi connectivity index (χ2v) is 4.71. The summed E-state index contributed by atoms with van der Waals surface area (Å²) in [6.45, 7) is 2.90. The van der Waals surface area contributed by atoms with Gasteiger partial charge < -0.3 is 5.32 Å². The zero-order chi connectivity index (χ0) is 11.4. The van der Waals surface area contributed by atoms with E-state index in [-0.39, 0.29) is 0 Å². The summed E-state index contributed by atoms with van der Waals surface area (Å²) < 4.78 is 0. The predicted octanol–water partition coefficient (Wildman–Crippen LogP) is 2.80. The lowest BCUT2D eigenvalue weighted by Gasteiger charge is -2.09.